The maximum atomic E-state index is 13.9. The van der Waals surface area contributed by atoms with Crippen LogP contribution in [0.15, 0.2) is 79.0 Å². The Morgan fingerprint density at radius 2 is 1.78 bits per heavy atom. The lowest BCUT2D eigenvalue weighted by Crippen LogP contribution is -2.47. The van der Waals surface area contributed by atoms with Crippen LogP contribution in [0.2, 0.25) is 0 Å². The molecule has 0 bridgehead atoms. The Labute approximate surface area is 211 Å². The molecular weight excluding hydrogens is 483 g/mol. The van der Waals surface area contributed by atoms with Gasteiger partial charge in [-0.2, -0.15) is 13.2 Å². The fourth-order valence-corrected chi connectivity index (χ4v) is 4.99. The summed E-state index contributed by atoms with van der Waals surface area (Å²) in [6.07, 6.45) is -2.77. The lowest BCUT2D eigenvalue weighted by atomic mass is 9.79. The van der Waals surface area contributed by atoms with Crippen LogP contribution in [0.5, 0.6) is 0 Å². The molecule has 2 amide bonds. The highest BCUT2D eigenvalue weighted by Gasteiger charge is 2.45. The smallest absolute Gasteiger partial charge is 0.383 e. The number of benzene rings is 3. The van der Waals surface area contributed by atoms with Crippen LogP contribution < -0.4 is 5.32 Å². The van der Waals surface area contributed by atoms with Gasteiger partial charge in [0.1, 0.15) is 0 Å². The molecule has 0 saturated carbocycles. The zero-order valence-corrected chi connectivity index (χ0v) is 19.9. The van der Waals surface area contributed by atoms with E-state index in [2.05, 4.69) is 10.3 Å². The molecule has 0 radical (unpaired) electrons. The van der Waals surface area contributed by atoms with Crippen molar-refractivity contribution in [1.29, 1.82) is 0 Å². The Hall–Kier alpha value is -4.11. The maximum Gasteiger partial charge on any atom is 0.416 e. The van der Waals surface area contributed by atoms with Crippen molar-refractivity contribution >= 4 is 28.4 Å². The standard InChI is InChI=1S/C28H24F3N3O3/c1-37-14-13-34-25(22-16-32-23-12-5-4-9-19(22)23)24(20-10-2-3-11-21(20)27(34)36)26(35)33-18-8-6-7-17(15-18)28(29,30)31/h2-12,15-16,24-25,32H,13-14H2,1H3,(H,33,35)/t24-,25-/m0/s1. The molecule has 2 atom stereocenters. The third kappa shape index (κ3) is 4.58. The molecule has 1 aliphatic rings. The second-order valence-corrected chi connectivity index (χ2v) is 8.86. The summed E-state index contributed by atoms with van der Waals surface area (Å²) in [5.41, 5.74) is 1.63. The Morgan fingerprint density at radius 3 is 2.57 bits per heavy atom. The molecule has 0 aliphatic carbocycles. The van der Waals surface area contributed by atoms with Crippen molar-refractivity contribution in [3.8, 4) is 0 Å². The monoisotopic (exact) mass is 507 g/mol. The number of carbonyl (C=O) groups excluding carboxylic acids is 2. The van der Waals surface area contributed by atoms with Crippen molar-refractivity contribution < 1.29 is 27.5 Å². The van der Waals surface area contributed by atoms with Gasteiger partial charge in [0.15, 0.2) is 0 Å². The van der Waals surface area contributed by atoms with Crippen molar-refractivity contribution in [2.24, 2.45) is 0 Å². The highest BCUT2D eigenvalue weighted by atomic mass is 19.4. The fraction of sp³-hybridized carbons (Fsp3) is 0.214. The number of anilines is 1. The number of fused-ring (bicyclic) bond motifs is 2. The minimum absolute atomic E-state index is 0.0234. The van der Waals surface area contributed by atoms with Crippen molar-refractivity contribution in [2.45, 2.75) is 18.1 Å². The Bertz CT molecular complexity index is 1460. The molecule has 1 aromatic heterocycles. The second-order valence-electron chi connectivity index (χ2n) is 8.86. The summed E-state index contributed by atoms with van der Waals surface area (Å²) in [5.74, 6) is -1.65. The van der Waals surface area contributed by atoms with Crippen LogP contribution >= 0.6 is 0 Å². The van der Waals surface area contributed by atoms with Crippen LogP contribution in [0.3, 0.4) is 0 Å². The number of rotatable bonds is 6. The van der Waals surface area contributed by atoms with E-state index in [0.29, 0.717) is 11.1 Å². The predicted molar refractivity (Wildman–Crippen MR) is 133 cm³/mol. The molecule has 6 nitrogen and oxygen atoms in total. The number of aromatic nitrogens is 1. The topological polar surface area (TPSA) is 74.4 Å². The van der Waals surface area contributed by atoms with Crippen LogP contribution in [0, 0.1) is 0 Å². The van der Waals surface area contributed by atoms with Gasteiger partial charge in [-0.3, -0.25) is 9.59 Å². The highest BCUT2D eigenvalue weighted by Crippen LogP contribution is 2.45. The van der Waals surface area contributed by atoms with Gasteiger partial charge < -0.3 is 19.9 Å². The number of nitrogens with one attached hydrogen (secondary N) is 2. The number of hydrogen-bond donors (Lipinski definition) is 2. The number of carbonyl (C=O) groups is 2. The molecule has 5 rings (SSSR count). The van der Waals surface area contributed by atoms with Crippen LogP contribution in [0.25, 0.3) is 10.9 Å². The van der Waals surface area contributed by atoms with E-state index in [-0.39, 0.29) is 24.7 Å². The average Bonchev–Trinajstić information content (AvgIpc) is 3.31. The lowest BCUT2D eigenvalue weighted by molar-refractivity contribution is -0.137. The van der Waals surface area contributed by atoms with Gasteiger partial charge in [-0.05, 0) is 35.9 Å². The van der Waals surface area contributed by atoms with E-state index in [1.54, 1.807) is 35.4 Å². The van der Waals surface area contributed by atoms with Gasteiger partial charge in [-0.25, -0.2) is 0 Å². The van der Waals surface area contributed by atoms with Gasteiger partial charge in [-0.1, -0.05) is 42.5 Å². The molecule has 37 heavy (non-hydrogen) atoms. The molecule has 2 heterocycles. The van der Waals surface area contributed by atoms with Crippen LogP contribution in [-0.4, -0.2) is 42.0 Å². The van der Waals surface area contributed by atoms with E-state index < -0.39 is 29.6 Å². The number of ether oxygens (including phenoxy) is 1. The molecule has 190 valence electrons. The van der Waals surface area contributed by atoms with E-state index in [0.717, 1.165) is 28.6 Å². The first-order valence-electron chi connectivity index (χ1n) is 11.7. The van der Waals surface area contributed by atoms with Gasteiger partial charge in [0.25, 0.3) is 5.91 Å². The first-order chi connectivity index (χ1) is 17.8. The summed E-state index contributed by atoms with van der Waals surface area (Å²) in [4.78, 5) is 32.4. The number of nitrogens with zero attached hydrogens (tertiary/aromatic N) is 1. The maximum absolute atomic E-state index is 13.9. The molecule has 4 aromatic rings. The lowest BCUT2D eigenvalue weighted by Gasteiger charge is -2.41. The van der Waals surface area contributed by atoms with Crippen LogP contribution in [-0.2, 0) is 15.7 Å². The SMILES string of the molecule is COCCN1C(=O)c2ccccc2[C@H](C(=O)Nc2cccc(C(F)(F)F)c2)[C@@H]1c1c[nH]c2ccccc12. The molecule has 3 aromatic carbocycles. The molecule has 0 unspecified atom stereocenters. The number of halogens is 3. The Morgan fingerprint density at radius 1 is 1.03 bits per heavy atom. The largest absolute Gasteiger partial charge is 0.416 e. The zero-order valence-electron chi connectivity index (χ0n) is 19.9. The van der Waals surface area contributed by atoms with Crippen molar-refractivity contribution in [3.63, 3.8) is 0 Å². The van der Waals surface area contributed by atoms with E-state index in [1.165, 1.54) is 19.2 Å². The van der Waals surface area contributed by atoms with Crippen LogP contribution in [0.1, 0.15) is 39.0 Å². The quantitative estimate of drug-likeness (QED) is 0.349. The summed E-state index contributed by atoms with van der Waals surface area (Å²) < 4.78 is 45.1. The number of hydrogen-bond acceptors (Lipinski definition) is 3. The summed E-state index contributed by atoms with van der Waals surface area (Å²) in [5, 5.41) is 3.52. The molecule has 2 N–H and O–H groups in total. The summed E-state index contributed by atoms with van der Waals surface area (Å²) in [7, 11) is 1.53. The van der Waals surface area contributed by atoms with Gasteiger partial charge >= 0.3 is 6.18 Å². The highest BCUT2D eigenvalue weighted by molar-refractivity contribution is 6.05. The van der Waals surface area contributed by atoms with Crippen LogP contribution in [0.4, 0.5) is 18.9 Å². The van der Waals surface area contributed by atoms with E-state index >= 15 is 0 Å². The minimum Gasteiger partial charge on any atom is -0.383 e. The first-order valence-corrected chi connectivity index (χ1v) is 11.7. The normalized spacial score (nSPS) is 17.6. The molecule has 0 saturated heterocycles. The van der Waals surface area contributed by atoms with Gasteiger partial charge in [-0.15, -0.1) is 0 Å². The van der Waals surface area contributed by atoms with Crippen molar-refractivity contribution in [1.82, 2.24) is 9.88 Å². The Balaban J connectivity index is 1.64. The molecule has 0 fully saturated rings. The number of methoxy groups -OCH3 is 1. The van der Waals surface area contributed by atoms with E-state index in [1.807, 2.05) is 24.3 Å². The molecule has 9 heteroatoms. The number of aromatic amines is 1. The zero-order chi connectivity index (χ0) is 26.2. The summed E-state index contributed by atoms with van der Waals surface area (Å²) >= 11 is 0. The number of H-pyrrole nitrogens is 1. The number of para-hydroxylation sites is 1. The molecular formula is C28H24F3N3O3. The minimum atomic E-state index is -4.55. The predicted octanol–water partition coefficient (Wildman–Crippen LogP) is 5.75. The second kappa shape index (κ2) is 9.74. The fourth-order valence-electron chi connectivity index (χ4n) is 4.99. The molecule has 0 spiro atoms. The van der Waals surface area contributed by atoms with Gasteiger partial charge in [0, 0.05) is 47.6 Å². The van der Waals surface area contributed by atoms with Crippen molar-refractivity contribution in [3.05, 3.63) is 101 Å². The van der Waals surface area contributed by atoms with Crippen molar-refractivity contribution in [2.75, 3.05) is 25.6 Å². The number of amides is 2. The van der Waals surface area contributed by atoms with Gasteiger partial charge in [0.05, 0.1) is 24.1 Å². The van der Waals surface area contributed by atoms with E-state index in [4.69, 9.17) is 4.74 Å². The number of alkyl halides is 3. The average molecular weight is 508 g/mol. The molecule has 1 aliphatic heterocycles. The third-order valence-corrected chi connectivity index (χ3v) is 6.65. The third-order valence-electron chi connectivity index (χ3n) is 6.65. The summed E-state index contributed by atoms with van der Waals surface area (Å²) in [6.45, 7) is 0.468. The first kappa shape index (κ1) is 24.6. The Kier molecular flexibility index (Phi) is 6.47. The summed E-state index contributed by atoms with van der Waals surface area (Å²) in [6, 6.07) is 18.2. The van der Waals surface area contributed by atoms with Gasteiger partial charge in [0.2, 0.25) is 5.91 Å². The van der Waals surface area contributed by atoms with E-state index in [9.17, 15) is 22.8 Å².